The summed E-state index contributed by atoms with van der Waals surface area (Å²) in [4.78, 5) is 9.46. The lowest BCUT2D eigenvalue weighted by Gasteiger charge is -2.34. The van der Waals surface area contributed by atoms with Crippen LogP contribution in [0.5, 0.6) is 0 Å². The maximum atomic E-state index is 5.41. The van der Waals surface area contributed by atoms with Crippen molar-refractivity contribution < 1.29 is 4.74 Å². The van der Waals surface area contributed by atoms with Gasteiger partial charge in [0.1, 0.15) is 0 Å². The van der Waals surface area contributed by atoms with Crippen molar-refractivity contribution in [1.82, 2.24) is 15.1 Å². The number of halogens is 1. The second-order valence-corrected chi connectivity index (χ2v) is 7.76. The first-order valence-electron chi connectivity index (χ1n) is 10.6. The van der Waals surface area contributed by atoms with Gasteiger partial charge in [-0.05, 0) is 50.1 Å². The number of nitrogens with zero attached hydrogens (tertiary/aromatic N) is 3. The molecular weight excluding hydrogens is 463 g/mol. The predicted octanol–water partition coefficient (Wildman–Crippen LogP) is 3.25. The zero-order chi connectivity index (χ0) is 18.7. The molecule has 28 heavy (non-hydrogen) atoms. The summed E-state index contributed by atoms with van der Waals surface area (Å²) in [6.45, 7) is 8.40. The smallest absolute Gasteiger partial charge is 0.193 e. The molecule has 1 N–H and O–H groups in total. The number of rotatable bonds is 7. The Morgan fingerprint density at radius 1 is 1.07 bits per heavy atom. The SMILES string of the molecule is CN=C(NCCCCN1CCOCC1)N1CCC(Cc2ccccc2)CC1.I. The Morgan fingerprint density at radius 2 is 1.79 bits per heavy atom. The molecule has 0 amide bonds. The number of piperidine rings is 1. The van der Waals surface area contributed by atoms with Gasteiger partial charge in [0.2, 0.25) is 0 Å². The van der Waals surface area contributed by atoms with E-state index in [1.54, 1.807) is 0 Å². The monoisotopic (exact) mass is 500 g/mol. The molecule has 1 aromatic rings. The van der Waals surface area contributed by atoms with Gasteiger partial charge in [0.15, 0.2) is 5.96 Å². The number of hydrogen-bond acceptors (Lipinski definition) is 3. The van der Waals surface area contributed by atoms with Gasteiger partial charge in [-0.1, -0.05) is 30.3 Å². The van der Waals surface area contributed by atoms with Gasteiger partial charge in [0.25, 0.3) is 0 Å². The van der Waals surface area contributed by atoms with Gasteiger partial charge < -0.3 is 15.0 Å². The van der Waals surface area contributed by atoms with Crippen LogP contribution in [0.15, 0.2) is 35.3 Å². The lowest BCUT2D eigenvalue weighted by Crippen LogP contribution is -2.46. The average molecular weight is 500 g/mol. The Kier molecular flexibility index (Phi) is 11.2. The van der Waals surface area contributed by atoms with Crippen molar-refractivity contribution in [2.75, 3.05) is 59.5 Å². The van der Waals surface area contributed by atoms with Crippen LogP contribution >= 0.6 is 24.0 Å². The number of morpholine rings is 1. The number of benzene rings is 1. The van der Waals surface area contributed by atoms with Crippen molar-refractivity contribution in [3.63, 3.8) is 0 Å². The van der Waals surface area contributed by atoms with Crippen LogP contribution in [0.25, 0.3) is 0 Å². The minimum Gasteiger partial charge on any atom is -0.379 e. The lowest BCUT2D eigenvalue weighted by molar-refractivity contribution is 0.0372. The van der Waals surface area contributed by atoms with E-state index in [4.69, 9.17) is 4.74 Å². The van der Waals surface area contributed by atoms with Crippen molar-refractivity contribution in [1.29, 1.82) is 0 Å². The Morgan fingerprint density at radius 3 is 2.46 bits per heavy atom. The van der Waals surface area contributed by atoms with Gasteiger partial charge in [0.05, 0.1) is 13.2 Å². The molecule has 2 aliphatic heterocycles. The lowest BCUT2D eigenvalue weighted by atomic mass is 9.90. The standard InChI is InChI=1S/C22H36N4O.HI/c1-23-22(24-11-5-6-12-25-15-17-27-18-16-25)26-13-9-21(10-14-26)19-20-7-3-2-4-8-20;/h2-4,7-8,21H,5-6,9-19H2,1H3,(H,23,24);1H. The molecule has 2 aliphatic rings. The fraction of sp³-hybridized carbons (Fsp3) is 0.682. The molecule has 0 unspecified atom stereocenters. The third kappa shape index (κ3) is 7.87. The molecule has 3 rings (SSSR count). The molecule has 5 nitrogen and oxygen atoms in total. The molecule has 0 radical (unpaired) electrons. The number of aliphatic imine (C=N–C) groups is 1. The molecule has 0 atom stereocenters. The van der Waals surface area contributed by atoms with Gasteiger partial charge in [-0.3, -0.25) is 9.89 Å². The summed E-state index contributed by atoms with van der Waals surface area (Å²) in [5, 5.41) is 3.57. The summed E-state index contributed by atoms with van der Waals surface area (Å²) >= 11 is 0. The van der Waals surface area contributed by atoms with Crippen molar-refractivity contribution >= 4 is 29.9 Å². The van der Waals surface area contributed by atoms with Crippen LogP contribution in [0, 0.1) is 5.92 Å². The minimum absolute atomic E-state index is 0. The van der Waals surface area contributed by atoms with Crippen LogP contribution in [0.1, 0.15) is 31.2 Å². The highest BCUT2D eigenvalue weighted by atomic mass is 127. The van der Waals surface area contributed by atoms with E-state index in [1.165, 1.54) is 44.2 Å². The normalized spacial score (nSPS) is 19.3. The summed E-state index contributed by atoms with van der Waals surface area (Å²) in [6, 6.07) is 10.9. The Hall–Kier alpha value is -0.860. The van der Waals surface area contributed by atoms with Crippen molar-refractivity contribution in [2.45, 2.75) is 32.1 Å². The molecule has 0 aliphatic carbocycles. The molecule has 1 aromatic carbocycles. The number of hydrogen-bond donors (Lipinski definition) is 1. The number of guanidine groups is 1. The third-order valence-electron chi connectivity index (χ3n) is 5.78. The van der Waals surface area contributed by atoms with E-state index >= 15 is 0 Å². The molecular formula is C22H37IN4O. The summed E-state index contributed by atoms with van der Waals surface area (Å²) in [5.41, 5.74) is 1.47. The molecule has 2 saturated heterocycles. The highest BCUT2D eigenvalue weighted by molar-refractivity contribution is 14.0. The van der Waals surface area contributed by atoms with Gasteiger partial charge in [0, 0.05) is 39.8 Å². The fourth-order valence-corrected chi connectivity index (χ4v) is 4.11. The Bertz CT molecular complexity index is 555. The molecule has 2 fully saturated rings. The number of likely N-dealkylation sites (tertiary alicyclic amines) is 1. The highest BCUT2D eigenvalue weighted by Crippen LogP contribution is 2.21. The van der Waals surface area contributed by atoms with Crippen LogP contribution in [0.4, 0.5) is 0 Å². The topological polar surface area (TPSA) is 40.1 Å². The van der Waals surface area contributed by atoms with Gasteiger partial charge in [-0.2, -0.15) is 0 Å². The predicted molar refractivity (Wildman–Crippen MR) is 128 cm³/mol. The number of unbranched alkanes of at least 4 members (excludes halogenated alkanes) is 1. The van der Waals surface area contributed by atoms with Gasteiger partial charge in [-0.15, -0.1) is 24.0 Å². The van der Waals surface area contributed by atoms with Crippen molar-refractivity contribution in [2.24, 2.45) is 10.9 Å². The van der Waals surface area contributed by atoms with E-state index < -0.39 is 0 Å². The second-order valence-electron chi connectivity index (χ2n) is 7.76. The zero-order valence-electron chi connectivity index (χ0n) is 17.3. The molecule has 0 bridgehead atoms. The fourth-order valence-electron chi connectivity index (χ4n) is 4.11. The zero-order valence-corrected chi connectivity index (χ0v) is 19.6. The maximum absolute atomic E-state index is 5.41. The maximum Gasteiger partial charge on any atom is 0.193 e. The van der Waals surface area contributed by atoms with E-state index in [9.17, 15) is 0 Å². The van der Waals surface area contributed by atoms with Crippen LogP contribution in [-0.4, -0.2) is 75.3 Å². The third-order valence-corrected chi connectivity index (χ3v) is 5.78. The Balaban J connectivity index is 0.00000280. The molecule has 158 valence electrons. The Labute approximate surface area is 187 Å². The van der Waals surface area contributed by atoms with E-state index in [-0.39, 0.29) is 24.0 Å². The highest BCUT2D eigenvalue weighted by Gasteiger charge is 2.21. The molecule has 2 heterocycles. The minimum atomic E-state index is 0. The first kappa shape index (κ1) is 23.4. The first-order valence-corrected chi connectivity index (χ1v) is 10.6. The van der Waals surface area contributed by atoms with Crippen LogP contribution in [0.2, 0.25) is 0 Å². The van der Waals surface area contributed by atoms with E-state index in [1.807, 2.05) is 7.05 Å². The summed E-state index contributed by atoms with van der Waals surface area (Å²) < 4.78 is 5.41. The molecule has 0 aromatic heterocycles. The second kappa shape index (κ2) is 13.4. The number of ether oxygens (including phenoxy) is 1. The molecule has 6 heteroatoms. The van der Waals surface area contributed by atoms with Crippen molar-refractivity contribution in [3.05, 3.63) is 35.9 Å². The van der Waals surface area contributed by atoms with E-state index in [2.05, 4.69) is 50.4 Å². The largest absolute Gasteiger partial charge is 0.379 e. The van der Waals surface area contributed by atoms with Gasteiger partial charge in [-0.25, -0.2) is 0 Å². The van der Waals surface area contributed by atoms with E-state index in [0.717, 1.165) is 57.8 Å². The van der Waals surface area contributed by atoms with Gasteiger partial charge >= 0.3 is 0 Å². The van der Waals surface area contributed by atoms with Crippen LogP contribution < -0.4 is 5.32 Å². The summed E-state index contributed by atoms with van der Waals surface area (Å²) in [7, 11) is 1.91. The average Bonchev–Trinajstić information content (AvgIpc) is 2.73. The van der Waals surface area contributed by atoms with Crippen LogP contribution in [0.3, 0.4) is 0 Å². The summed E-state index contributed by atoms with van der Waals surface area (Å²) in [6.07, 6.45) is 6.16. The molecule has 0 spiro atoms. The summed E-state index contributed by atoms with van der Waals surface area (Å²) in [5.74, 6) is 1.88. The quantitative estimate of drug-likeness (QED) is 0.270. The van der Waals surface area contributed by atoms with Crippen LogP contribution in [-0.2, 0) is 11.2 Å². The first-order chi connectivity index (χ1) is 13.3. The van der Waals surface area contributed by atoms with Crippen molar-refractivity contribution in [3.8, 4) is 0 Å². The molecule has 0 saturated carbocycles. The number of nitrogens with one attached hydrogen (secondary N) is 1. The van der Waals surface area contributed by atoms with E-state index in [0.29, 0.717) is 0 Å².